The van der Waals surface area contributed by atoms with Crippen molar-refractivity contribution >= 4 is 18.3 Å². The van der Waals surface area contributed by atoms with Crippen molar-refractivity contribution in [1.82, 2.24) is 10.6 Å². The molecule has 5 heteroatoms. The van der Waals surface area contributed by atoms with Crippen molar-refractivity contribution in [2.45, 2.75) is 38.5 Å². The summed E-state index contributed by atoms with van der Waals surface area (Å²) >= 11 is 0. The smallest absolute Gasteiger partial charge is 0.220 e. The van der Waals surface area contributed by atoms with Gasteiger partial charge in [0, 0.05) is 26.7 Å². The largest absolute Gasteiger partial charge is 0.385 e. The molecule has 1 aliphatic rings. The Balaban J connectivity index is 0.00000289. The molecule has 0 bridgehead atoms. The molecular weight excluding hydrogens is 252 g/mol. The third kappa shape index (κ3) is 6.03. The highest BCUT2D eigenvalue weighted by atomic mass is 35.5. The molecular formula is C13H27ClN2O2. The van der Waals surface area contributed by atoms with Crippen LogP contribution >= 0.6 is 12.4 Å². The number of halogens is 1. The number of hydrogen-bond donors (Lipinski definition) is 2. The summed E-state index contributed by atoms with van der Waals surface area (Å²) in [6.45, 7) is 2.53. The highest BCUT2D eigenvalue weighted by Crippen LogP contribution is 2.43. The van der Waals surface area contributed by atoms with Gasteiger partial charge in [-0.3, -0.25) is 4.79 Å². The maximum Gasteiger partial charge on any atom is 0.220 e. The zero-order valence-electron chi connectivity index (χ0n) is 11.6. The van der Waals surface area contributed by atoms with Crippen molar-refractivity contribution in [2.24, 2.45) is 5.41 Å². The number of carbonyl (C=O) groups excluding carboxylic acids is 1. The average molecular weight is 279 g/mol. The van der Waals surface area contributed by atoms with E-state index in [0.717, 1.165) is 32.5 Å². The summed E-state index contributed by atoms with van der Waals surface area (Å²) in [5, 5.41) is 6.12. The normalized spacial score (nSPS) is 16.6. The molecule has 0 aliphatic heterocycles. The minimum atomic E-state index is 0. The second kappa shape index (κ2) is 9.59. The van der Waals surface area contributed by atoms with Gasteiger partial charge in [0.25, 0.3) is 0 Å². The summed E-state index contributed by atoms with van der Waals surface area (Å²) in [6, 6.07) is 0. The quantitative estimate of drug-likeness (QED) is 0.632. The Kier molecular flexibility index (Phi) is 9.42. The van der Waals surface area contributed by atoms with Gasteiger partial charge in [0.2, 0.25) is 5.91 Å². The van der Waals surface area contributed by atoms with Crippen molar-refractivity contribution in [3.8, 4) is 0 Å². The maximum atomic E-state index is 11.6. The van der Waals surface area contributed by atoms with E-state index in [1.165, 1.54) is 19.3 Å². The standard InChI is InChI=1S/C13H26N2O2.ClH/c1-14-9-3-5-12(16)15-11-13(6-4-7-13)8-10-17-2;/h14H,3-11H2,1-2H3,(H,15,16);1H. The fraction of sp³-hybridized carbons (Fsp3) is 0.923. The summed E-state index contributed by atoms with van der Waals surface area (Å²) < 4.78 is 5.14. The third-order valence-electron chi connectivity index (χ3n) is 3.74. The molecule has 1 rings (SSSR count). The Morgan fingerprint density at radius 2 is 2.11 bits per heavy atom. The Labute approximate surface area is 117 Å². The van der Waals surface area contributed by atoms with E-state index < -0.39 is 0 Å². The van der Waals surface area contributed by atoms with Crippen molar-refractivity contribution in [3.05, 3.63) is 0 Å². The SMILES string of the molecule is CNCCCC(=O)NCC1(CCOC)CCC1.Cl. The number of hydrogen-bond acceptors (Lipinski definition) is 3. The molecule has 0 unspecified atom stereocenters. The molecule has 1 fully saturated rings. The number of rotatable bonds is 9. The average Bonchev–Trinajstić information content (AvgIpc) is 2.28. The molecule has 0 spiro atoms. The molecule has 0 aromatic carbocycles. The van der Waals surface area contributed by atoms with Crippen LogP contribution in [-0.4, -0.2) is 39.8 Å². The summed E-state index contributed by atoms with van der Waals surface area (Å²) in [5.41, 5.74) is 0.328. The Morgan fingerprint density at radius 3 is 2.61 bits per heavy atom. The first-order valence-corrected chi connectivity index (χ1v) is 6.63. The number of nitrogens with one attached hydrogen (secondary N) is 2. The lowest BCUT2D eigenvalue weighted by Gasteiger charge is -2.42. The minimum absolute atomic E-state index is 0. The highest BCUT2D eigenvalue weighted by molar-refractivity contribution is 5.85. The topological polar surface area (TPSA) is 50.4 Å². The van der Waals surface area contributed by atoms with E-state index in [2.05, 4.69) is 10.6 Å². The number of amides is 1. The Hall–Kier alpha value is -0.320. The van der Waals surface area contributed by atoms with Gasteiger partial charge < -0.3 is 15.4 Å². The second-order valence-electron chi connectivity index (χ2n) is 5.08. The van der Waals surface area contributed by atoms with Gasteiger partial charge >= 0.3 is 0 Å². The van der Waals surface area contributed by atoms with Crippen molar-refractivity contribution in [2.75, 3.05) is 33.9 Å². The van der Waals surface area contributed by atoms with Crippen LogP contribution in [0.5, 0.6) is 0 Å². The van der Waals surface area contributed by atoms with E-state index in [1.807, 2.05) is 7.05 Å². The van der Waals surface area contributed by atoms with E-state index >= 15 is 0 Å². The maximum absolute atomic E-state index is 11.6. The van der Waals surface area contributed by atoms with E-state index in [4.69, 9.17) is 4.74 Å². The van der Waals surface area contributed by atoms with E-state index in [1.54, 1.807) is 7.11 Å². The summed E-state index contributed by atoms with van der Waals surface area (Å²) in [4.78, 5) is 11.6. The molecule has 2 N–H and O–H groups in total. The van der Waals surface area contributed by atoms with Gasteiger partial charge in [-0.2, -0.15) is 0 Å². The first kappa shape index (κ1) is 17.7. The zero-order valence-corrected chi connectivity index (χ0v) is 12.4. The molecule has 0 saturated heterocycles. The fourth-order valence-electron chi connectivity index (χ4n) is 2.31. The molecule has 18 heavy (non-hydrogen) atoms. The van der Waals surface area contributed by atoms with Gasteiger partial charge in [0.15, 0.2) is 0 Å². The lowest BCUT2D eigenvalue weighted by molar-refractivity contribution is -0.122. The molecule has 0 heterocycles. The zero-order chi connectivity index (χ0) is 12.6. The van der Waals surface area contributed by atoms with E-state index in [-0.39, 0.29) is 18.3 Å². The molecule has 1 saturated carbocycles. The van der Waals surface area contributed by atoms with Crippen LogP contribution in [0.2, 0.25) is 0 Å². The molecule has 0 aromatic rings. The van der Waals surface area contributed by atoms with Crippen LogP contribution in [0.15, 0.2) is 0 Å². The summed E-state index contributed by atoms with van der Waals surface area (Å²) in [6.07, 6.45) is 6.36. The second-order valence-corrected chi connectivity index (χ2v) is 5.08. The molecule has 4 nitrogen and oxygen atoms in total. The van der Waals surface area contributed by atoms with Gasteiger partial charge in [0.05, 0.1) is 0 Å². The number of carbonyl (C=O) groups is 1. The van der Waals surface area contributed by atoms with Crippen molar-refractivity contribution in [1.29, 1.82) is 0 Å². The molecule has 1 aliphatic carbocycles. The van der Waals surface area contributed by atoms with Crippen LogP contribution < -0.4 is 10.6 Å². The monoisotopic (exact) mass is 278 g/mol. The van der Waals surface area contributed by atoms with Crippen LogP contribution in [0.3, 0.4) is 0 Å². The van der Waals surface area contributed by atoms with Crippen LogP contribution in [-0.2, 0) is 9.53 Å². The van der Waals surface area contributed by atoms with Crippen molar-refractivity contribution in [3.63, 3.8) is 0 Å². The van der Waals surface area contributed by atoms with Gasteiger partial charge in [-0.1, -0.05) is 6.42 Å². The number of methoxy groups -OCH3 is 1. The van der Waals surface area contributed by atoms with Crippen LogP contribution in [0, 0.1) is 5.41 Å². The highest BCUT2D eigenvalue weighted by Gasteiger charge is 2.36. The van der Waals surface area contributed by atoms with Crippen LogP contribution in [0.25, 0.3) is 0 Å². The lowest BCUT2D eigenvalue weighted by Crippen LogP contribution is -2.42. The minimum Gasteiger partial charge on any atom is -0.385 e. The predicted octanol–water partition coefficient (Wildman–Crippen LogP) is 1.73. The Bertz CT molecular complexity index is 233. The summed E-state index contributed by atoms with van der Waals surface area (Å²) in [7, 11) is 3.65. The predicted molar refractivity (Wildman–Crippen MR) is 76.2 cm³/mol. The Morgan fingerprint density at radius 1 is 1.39 bits per heavy atom. The van der Waals surface area contributed by atoms with Gasteiger partial charge in [-0.25, -0.2) is 0 Å². The first-order chi connectivity index (χ1) is 8.22. The van der Waals surface area contributed by atoms with E-state index in [9.17, 15) is 4.79 Å². The molecule has 0 radical (unpaired) electrons. The van der Waals surface area contributed by atoms with E-state index in [0.29, 0.717) is 11.8 Å². The van der Waals surface area contributed by atoms with Gasteiger partial charge in [-0.15, -0.1) is 12.4 Å². The van der Waals surface area contributed by atoms with Gasteiger partial charge in [0.1, 0.15) is 0 Å². The molecule has 108 valence electrons. The summed E-state index contributed by atoms with van der Waals surface area (Å²) in [5.74, 6) is 0.184. The van der Waals surface area contributed by atoms with Crippen molar-refractivity contribution < 1.29 is 9.53 Å². The lowest BCUT2D eigenvalue weighted by atomic mass is 9.67. The first-order valence-electron chi connectivity index (χ1n) is 6.63. The fourth-order valence-corrected chi connectivity index (χ4v) is 2.31. The third-order valence-corrected chi connectivity index (χ3v) is 3.74. The molecule has 0 atom stereocenters. The number of ether oxygens (including phenoxy) is 1. The van der Waals surface area contributed by atoms with Crippen LogP contribution in [0.1, 0.15) is 38.5 Å². The van der Waals surface area contributed by atoms with Gasteiger partial charge in [-0.05, 0) is 44.7 Å². The molecule has 1 amide bonds. The van der Waals surface area contributed by atoms with Crippen LogP contribution in [0.4, 0.5) is 0 Å². The molecule has 0 aromatic heterocycles.